The summed E-state index contributed by atoms with van der Waals surface area (Å²) in [5.74, 6) is -0.338. The minimum atomic E-state index is -0.533. The fourth-order valence-corrected chi connectivity index (χ4v) is 2.15. The fourth-order valence-electron chi connectivity index (χ4n) is 2.15. The van der Waals surface area contributed by atoms with Gasteiger partial charge in [-0.25, -0.2) is 4.79 Å². The Morgan fingerprint density at radius 3 is 2.68 bits per heavy atom. The van der Waals surface area contributed by atoms with Crippen molar-refractivity contribution in [2.24, 2.45) is 7.05 Å². The van der Waals surface area contributed by atoms with Crippen LogP contribution in [-0.4, -0.2) is 32.3 Å². The van der Waals surface area contributed by atoms with E-state index in [0.29, 0.717) is 0 Å². The van der Waals surface area contributed by atoms with E-state index >= 15 is 0 Å². The van der Waals surface area contributed by atoms with E-state index < -0.39 is 16.8 Å². The molecule has 2 rings (SSSR count). The molecule has 7 heteroatoms. The third kappa shape index (κ3) is 2.60. The number of aliphatic hydroxyl groups is 1. The quantitative estimate of drug-likeness (QED) is 0.700. The van der Waals surface area contributed by atoms with Crippen LogP contribution in [-0.2, 0) is 18.4 Å². The highest BCUT2D eigenvalue weighted by atomic mass is 16.3. The molecule has 1 aromatic rings. The molecule has 1 aromatic heterocycles. The van der Waals surface area contributed by atoms with E-state index in [1.807, 2.05) is 0 Å². The maximum atomic E-state index is 11.9. The third-order valence-electron chi connectivity index (χ3n) is 3.59. The molecule has 0 aliphatic heterocycles. The number of rotatable bonds is 4. The predicted octanol–water partition coefficient (Wildman–Crippen LogP) is -1.42. The molecule has 2 N–H and O–H groups in total. The van der Waals surface area contributed by atoms with Gasteiger partial charge in [0, 0.05) is 19.3 Å². The van der Waals surface area contributed by atoms with Crippen molar-refractivity contribution in [2.45, 2.75) is 31.3 Å². The number of hydrogen-bond donors (Lipinski definition) is 2. The summed E-state index contributed by atoms with van der Waals surface area (Å²) in [4.78, 5) is 34.8. The Morgan fingerprint density at radius 1 is 1.47 bits per heavy atom. The van der Waals surface area contributed by atoms with Crippen LogP contribution in [0.1, 0.15) is 19.3 Å². The first-order chi connectivity index (χ1) is 8.97. The molecule has 1 aliphatic carbocycles. The highest BCUT2D eigenvalue weighted by molar-refractivity contribution is 5.76. The van der Waals surface area contributed by atoms with Crippen molar-refractivity contribution in [2.75, 3.05) is 6.61 Å². The molecule has 19 heavy (non-hydrogen) atoms. The number of aliphatic hydroxyl groups excluding tert-OH is 1. The molecule has 0 atom stereocenters. The van der Waals surface area contributed by atoms with E-state index in [1.165, 1.54) is 23.9 Å². The van der Waals surface area contributed by atoms with Gasteiger partial charge >= 0.3 is 5.69 Å². The lowest BCUT2D eigenvalue weighted by Crippen LogP contribution is -2.57. The Kier molecular flexibility index (Phi) is 3.57. The van der Waals surface area contributed by atoms with Gasteiger partial charge in [0.25, 0.3) is 5.56 Å². The molecule has 1 amide bonds. The van der Waals surface area contributed by atoms with Gasteiger partial charge in [-0.05, 0) is 19.3 Å². The summed E-state index contributed by atoms with van der Waals surface area (Å²) in [7, 11) is 1.36. The van der Waals surface area contributed by atoms with E-state index in [4.69, 9.17) is 0 Å². The second-order valence-corrected chi connectivity index (χ2v) is 4.96. The van der Waals surface area contributed by atoms with Crippen LogP contribution in [0.4, 0.5) is 0 Å². The van der Waals surface area contributed by atoms with Gasteiger partial charge in [-0.2, -0.15) is 0 Å². The summed E-state index contributed by atoms with van der Waals surface area (Å²) in [6, 6.07) is 1.24. The minimum Gasteiger partial charge on any atom is -0.394 e. The van der Waals surface area contributed by atoms with Crippen molar-refractivity contribution in [3.63, 3.8) is 0 Å². The van der Waals surface area contributed by atoms with Gasteiger partial charge in [0.2, 0.25) is 5.91 Å². The summed E-state index contributed by atoms with van der Waals surface area (Å²) in [6.45, 7) is -0.254. The summed E-state index contributed by atoms with van der Waals surface area (Å²) in [5.41, 5.74) is -1.47. The number of carbonyl (C=O) groups is 1. The molecule has 0 saturated heterocycles. The Morgan fingerprint density at radius 2 is 2.16 bits per heavy atom. The van der Waals surface area contributed by atoms with Crippen LogP contribution in [0, 0.1) is 0 Å². The lowest BCUT2D eigenvalue weighted by molar-refractivity contribution is -0.125. The van der Waals surface area contributed by atoms with E-state index in [9.17, 15) is 19.5 Å². The zero-order chi connectivity index (χ0) is 14.0. The second-order valence-electron chi connectivity index (χ2n) is 4.96. The van der Waals surface area contributed by atoms with Crippen LogP contribution in [0.15, 0.2) is 21.9 Å². The number of carbonyl (C=O) groups excluding carboxylic acids is 1. The van der Waals surface area contributed by atoms with Gasteiger partial charge in [0.15, 0.2) is 0 Å². The third-order valence-corrected chi connectivity index (χ3v) is 3.59. The molecule has 7 nitrogen and oxygen atoms in total. The molecule has 0 aromatic carbocycles. The number of amides is 1. The maximum absolute atomic E-state index is 11.9. The summed E-state index contributed by atoms with van der Waals surface area (Å²) in [6.07, 6.45) is 3.77. The largest absolute Gasteiger partial charge is 0.394 e. The van der Waals surface area contributed by atoms with Crippen molar-refractivity contribution in [3.8, 4) is 0 Å². The minimum absolute atomic E-state index is 0.0963. The molecule has 0 bridgehead atoms. The molecule has 1 fully saturated rings. The summed E-state index contributed by atoms with van der Waals surface area (Å²) >= 11 is 0. The van der Waals surface area contributed by atoms with E-state index in [2.05, 4.69) is 5.32 Å². The van der Waals surface area contributed by atoms with Crippen LogP contribution in [0.5, 0.6) is 0 Å². The predicted molar refractivity (Wildman–Crippen MR) is 67.8 cm³/mol. The number of aromatic nitrogens is 2. The number of hydrogen-bond acceptors (Lipinski definition) is 4. The topological polar surface area (TPSA) is 93.3 Å². The zero-order valence-corrected chi connectivity index (χ0v) is 10.8. The Bertz CT molecular complexity index is 592. The number of nitrogens with zero attached hydrogens (tertiary/aromatic N) is 2. The lowest BCUT2D eigenvalue weighted by Gasteiger charge is -2.40. The lowest BCUT2D eigenvalue weighted by atomic mass is 9.77. The van der Waals surface area contributed by atoms with Gasteiger partial charge in [-0.3, -0.25) is 18.7 Å². The van der Waals surface area contributed by atoms with E-state index in [0.717, 1.165) is 23.8 Å². The van der Waals surface area contributed by atoms with Crippen molar-refractivity contribution in [1.82, 2.24) is 14.5 Å². The van der Waals surface area contributed by atoms with E-state index in [1.54, 1.807) is 0 Å². The van der Waals surface area contributed by atoms with Crippen LogP contribution < -0.4 is 16.6 Å². The van der Waals surface area contributed by atoms with Gasteiger partial charge in [0.1, 0.15) is 6.54 Å². The second kappa shape index (κ2) is 5.00. The molecular formula is C12H17N3O4. The molecule has 1 heterocycles. The first kappa shape index (κ1) is 13.5. The fraction of sp³-hybridized carbons (Fsp3) is 0.583. The van der Waals surface area contributed by atoms with Gasteiger partial charge in [-0.15, -0.1) is 0 Å². The van der Waals surface area contributed by atoms with Crippen molar-refractivity contribution >= 4 is 5.91 Å². The normalized spacial score (nSPS) is 16.7. The van der Waals surface area contributed by atoms with Crippen LogP contribution in [0.25, 0.3) is 0 Å². The van der Waals surface area contributed by atoms with Gasteiger partial charge in [-0.1, -0.05) is 0 Å². The molecule has 1 aliphatic rings. The molecular weight excluding hydrogens is 250 g/mol. The highest BCUT2D eigenvalue weighted by Crippen LogP contribution is 2.30. The SMILES string of the molecule is Cn1c(=O)ccn(CC(=O)NC2(CO)CCC2)c1=O. The summed E-state index contributed by atoms with van der Waals surface area (Å²) in [5, 5.41) is 12.0. The van der Waals surface area contributed by atoms with Crippen molar-refractivity contribution in [3.05, 3.63) is 33.1 Å². The van der Waals surface area contributed by atoms with Crippen LogP contribution >= 0.6 is 0 Å². The van der Waals surface area contributed by atoms with Gasteiger partial charge in [0.05, 0.1) is 12.1 Å². The zero-order valence-electron chi connectivity index (χ0n) is 10.8. The molecule has 0 unspecified atom stereocenters. The van der Waals surface area contributed by atoms with Crippen LogP contribution in [0.2, 0.25) is 0 Å². The molecule has 104 valence electrons. The maximum Gasteiger partial charge on any atom is 0.331 e. The molecule has 0 radical (unpaired) electrons. The average Bonchev–Trinajstić information content (AvgIpc) is 2.35. The Hall–Kier alpha value is -1.89. The monoisotopic (exact) mass is 267 g/mol. The molecule has 1 saturated carbocycles. The Balaban J connectivity index is 2.09. The summed E-state index contributed by atoms with van der Waals surface area (Å²) < 4.78 is 2.11. The van der Waals surface area contributed by atoms with Crippen molar-refractivity contribution < 1.29 is 9.90 Å². The average molecular weight is 267 g/mol. The smallest absolute Gasteiger partial charge is 0.331 e. The Labute approximate surface area is 109 Å². The number of nitrogens with one attached hydrogen (secondary N) is 1. The van der Waals surface area contributed by atoms with Crippen molar-refractivity contribution in [1.29, 1.82) is 0 Å². The standard InChI is InChI=1S/C12H17N3O4/c1-14-10(18)3-6-15(11(14)19)7-9(17)13-12(8-16)4-2-5-12/h3,6,16H,2,4-5,7-8H2,1H3,(H,13,17). The van der Waals surface area contributed by atoms with Gasteiger partial charge < -0.3 is 10.4 Å². The first-order valence-corrected chi connectivity index (χ1v) is 6.16. The highest BCUT2D eigenvalue weighted by Gasteiger charge is 2.37. The molecule has 0 spiro atoms. The van der Waals surface area contributed by atoms with E-state index in [-0.39, 0.29) is 19.1 Å². The first-order valence-electron chi connectivity index (χ1n) is 6.16. The van der Waals surface area contributed by atoms with Crippen LogP contribution in [0.3, 0.4) is 0 Å².